The number of para-hydroxylation sites is 1. The van der Waals surface area contributed by atoms with Crippen molar-refractivity contribution in [2.75, 3.05) is 26.2 Å². The zero-order valence-electron chi connectivity index (χ0n) is 11.6. The number of amides is 1. The van der Waals surface area contributed by atoms with Crippen molar-refractivity contribution >= 4 is 17.5 Å². The van der Waals surface area contributed by atoms with E-state index < -0.39 is 0 Å². The lowest BCUT2D eigenvalue weighted by atomic mass is 10.1. The fraction of sp³-hybridized carbons (Fsp3) is 0.533. The van der Waals surface area contributed by atoms with Gasteiger partial charge in [-0.1, -0.05) is 23.7 Å². The highest BCUT2D eigenvalue weighted by Gasteiger charge is 2.24. The molecule has 0 saturated carbocycles. The first kappa shape index (κ1) is 15.1. The summed E-state index contributed by atoms with van der Waals surface area (Å²) in [5, 5.41) is 0.601. The first-order valence-corrected chi connectivity index (χ1v) is 7.43. The van der Waals surface area contributed by atoms with Gasteiger partial charge in [0.15, 0.2) is 0 Å². The van der Waals surface area contributed by atoms with E-state index >= 15 is 0 Å². The van der Waals surface area contributed by atoms with E-state index in [9.17, 15) is 4.79 Å². The molecule has 0 aromatic heterocycles. The monoisotopic (exact) mass is 296 g/mol. The second-order valence-electron chi connectivity index (χ2n) is 5.11. The number of carbonyl (C=O) groups excluding carboxylic acids is 1. The molecule has 0 bridgehead atoms. The lowest BCUT2D eigenvalue weighted by Crippen LogP contribution is -2.29. The van der Waals surface area contributed by atoms with Crippen LogP contribution in [0.1, 0.15) is 19.3 Å². The number of rotatable bonds is 6. The largest absolute Gasteiger partial charge is 0.492 e. The molecule has 1 atom stereocenters. The van der Waals surface area contributed by atoms with E-state index in [0.29, 0.717) is 42.7 Å². The molecule has 1 aromatic rings. The molecule has 1 unspecified atom stereocenters. The third-order valence-corrected chi connectivity index (χ3v) is 3.91. The van der Waals surface area contributed by atoms with E-state index in [0.717, 1.165) is 19.5 Å². The van der Waals surface area contributed by atoms with Crippen molar-refractivity contribution in [3.05, 3.63) is 29.3 Å². The normalized spacial score (nSPS) is 18.3. The van der Waals surface area contributed by atoms with E-state index in [4.69, 9.17) is 22.1 Å². The van der Waals surface area contributed by atoms with Crippen LogP contribution >= 0.6 is 11.6 Å². The number of hydrogen-bond acceptors (Lipinski definition) is 3. The SMILES string of the molecule is NCC1CCN(C(=O)CCCOc2ccccc2Cl)C1. The molecular weight excluding hydrogens is 276 g/mol. The summed E-state index contributed by atoms with van der Waals surface area (Å²) < 4.78 is 5.57. The third-order valence-electron chi connectivity index (χ3n) is 3.60. The van der Waals surface area contributed by atoms with Gasteiger partial charge >= 0.3 is 0 Å². The van der Waals surface area contributed by atoms with Crippen molar-refractivity contribution in [2.45, 2.75) is 19.3 Å². The first-order valence-electron chi connectivity index (χ1n) is 7.06. The Labute approximate surface area is 124 Å². The second kappa shape index (κ2) is 7.50. The number of benzene rings is 1. The fourth-order valence-electron chi connectivity index (χ4n) is 2.38. The van der Waals surface area contributed by atoms with Gasteiger partial charge in [-0.2, -0.15) is 0 Å². The molecule has 0 radical (unpaired) electrons. The highest BCUT2D eigenvalue weighted by atomic mass is 35.5. The number of carbonyl (C=O) groups is 1. The van der Waals surface area contributed by atoms with Gasteiger partial charge in [0.25, 0.3) is 0 Å². The molecule has 20 heavy (non-hydrogen) atoms. The number of ether oxygens (including phenoxy) is 1. The number of nitrogens with zero attached hydrogens (tertiary/aromatic N) is 1. The summed E-state index contributed by atoms with van der Waals surface area (Å²) in [6, 6.07) is 7.36. The van der Waals surface area contributed by atoms with E-state index in [-0.39, 0.29) is 5.91 Å². The predicted molar refractivity (Wildman–Crippen MR) is 79.9 cm³/mol. The summed E-state index contributed by atoms with van der Waals surface area (Å²) in [6.45, 7) is 2.82. The van der Waals surface area contributed by atoms with Crippen LogP contribution in [-0.2, 0) is 4.79 Å². The summed E-state index contributed by atoms with van der Waals surface area (Å²) in [6.07, 6.45) is 2.24. The summed E-state index contributed by atoms with van der Waals surface area (Å²) in [5.74, 6) is 1.34. The summed E-state index contributed by atoms with van der Waals surface area (Å²) in [5.41, 5.74) is 5.63. The van der Waals surface area contributed by atoms with Crippen LogP contribution in [0, 0.1) is 5.92 Å². The van der Waals surface area contributed by atoms with Crippen molar-refractivity contribution in [1.29, 1.82) is 0 Å². The molecule has 0 spiro atoms. The van der Waals surface area contributed by atoms with E-state index in [1.165, 1.54) is 0 Å². The number of hydrogen-bond donors (Lipinski definition) is 1. The Bertz CT molecular complexity index is 453. The van der Waals surface area contributed by atoms with Crippen LogP contribution < -0.4 is 10.5 Å². The van der Waals surface area contributed by atoms with Crippen LogP contribution in [0.25, 0.3) is 0 Å². The molecule has 1 aromatic carbocycles. The van der Waals surface area contributed by atoms with Gasteiger partial charge in [0.2, 0.25) is 5.91 Å². The summed E-state index contributed by atoms with van der Waals surface area (Å²) >= 11 is 5.99. The van der Waals surface area contributed by atoms with Crippen LogP contribution in [0.3, 0.4) is 0 Å². The molecule has 1 fully saturated rings. The van der Waals surface area contributed by atoms with Crippen LogP contribution in [0.4, 0.5) is 0 Å². The van der Waals surface area contributed by atoms with Gasteiger partial charge < -0.3 is 15.4 Å². The molecular formula is C15H21ClN2O2. The molecule has 4 nitrogen and oxygen atoms in total. The minimum atomic E-state index is 0.198. The van der Waals surface area contributed by atoms with Crippen molar-refractivity contribution in [2.24, 2.45) is 11.7 Å². The van der Waals surface area contributed by atoms with Crippen molar-refractivity contribution in [3.63, 3.8) is 0 Å². The summed E-state index contributed by atoms with van der Waals surface area (Å²) in [7, 11) is 0. The quantitative estimate of drug-likeness (QED) is 0.820. The molecule has 0 aliphatic carbocycles. The van der Waals surface area contributed by atoms with Crippen molar-refractivity contribution in [3.8, 4) is 5.75 Å². The van der Waals surface area contributed by atoms with Crippen LogP contribution in [-0.4, -0.2) is 37.0 Å². The predicted octanol–water partition coefficient (Wildman–Crippen LogP) is 2.31. The second-order valence-corrected chi connectivity index (χ2v) is 5.52. The molecule has 2 rings (SSSR count). The zero-order chi connectivity index (χ0) is 14.4. The molecule has 2 N–H and O–H groups in total. The lowest BCUT2D eigenvalue weighted by molar-refractivity contribution is -0.130. The van der Waals surface area contributed by atoms with E-state index in [1.807, 2.05) is 23.1 Å². The highest BCUT2D eigenvalue weighted by molar-refractivity contribution is 6.32. The molecule has 1 aliphatic heterocycles. The van der Waals surface area contributed by atoms with Gasteiger partial charge in [0.05, 0.1) is 11.6 Å². The Morgan fingerprint density at radius 1 is 1.45 bits per heavy atom. The van der Waals surface area contributed by atoms with Gasteiger partial charge in [-0.25, -0.2) is 0 Å². The van der Waals surface area contributed by atoms with E-state index in [2.05, 4.69) is 0 Å². The molecule has 1 amide bonds. The zero-order valence-corrected chi connectivity index (χ0v) is 12.3. The standard InChI is InChI=1S/C15H21ClN2O2/c16-13-4-1-2-5-14(13)20-9-3-6-15(19)18-8-7-12(10-17)11-18/h1-2,4-5,12H,3,6-11,17H2. The molecule has 1 aliphatic rings. The average molecular weight is 297 g/mol. The molecule has 5 heteroatoms. The van der Waals surface area contributed by atoms with Crippen LogP contribution in [0.2, 0.25) is 5.02 Å². The maximum Gasteiger partial charge on any atom is 0.222 e. The Morgan fingerprint density at radius 2 is 2.25 bits per heavy atom. The summed E-state index contributed by atoms with van der Waals surface area (Å²) in [4.78, 5) is 13.9. The molecule has 1 heterocycles. The number of halogens is 1. The highest BCUT2D eigenvalue weighted by Crippen LogP contribution is 2.23. The van der Waals surface area contributed by atoms with Crippen molar-refractivity contribution < 1.29 is 9.53 Å². The van der Waals surface area contributed by atoms with Gasteiger partial charge in [-0.15, -0.1) is 0 Å². The minimum absolute atomic E-state index is 0.198. The van der Waals surface area contributed by atoms with Gasteiger partial charge in [0.1, 0.15) is 5.75 Å². The number of nitrogens with two attached hydrogens (primary N) is 1. The first-order chi connectivity index (χ1) is 9.70. The Morgan fingerprint density at radius 3 is 2.95 bits per heavy atom. The maximum atomic E-state index is 12.0. The third kappa shape index (κ3) is 4.12. The number of likely N-dealkylation sites (tertiary alicyclic amines) is 1. The fourth-order valence-corrected chi connectivity index (χ4v) is 2.57. The average Bonchev–Trinajstić information content (AvgIpc) is 2.94. The Balaban J connectivity index is 1.66. The smallest absolute Gasteiger partial charge is 0.222 e. The van der Waals surface area contributed by atoms with Gasteiger partial charge in [-0.3, -0.25) is 4.79 Å². The van der Waals surface area contributed by atoms with Crippen molar-refractivity contribution in [1.82, 2.24) is 4.90 Å². The lowest BCUT2D eigenvalue weighted by Gasteiger charge is -2.16. The van der Waals surface area contributed by atoms with E-state index in [1.54, 1.807) is 6.07 Å². The van der Waals surface area contributed by atoms with Gasteiger partial charge in [-0.05, 0) is 37.4 Å². The van der Waals surface area contributed by atoms with Crippen LogP contribution in [0.5, 0.6) is 5.75 Å². The molecule has 1 saturated heterocycles. The van der Waals surface area contributed by atoms with Crippen LogP contribution in [0.15, 0.2) is 24.3 Å². The Kier molecular flexibility index (Phi) is 5.68. The topological polar surface area (TPSA) is 55.6 Å². The molecule has 110 valence electrons. The maximum absolute atomic E-state index is 12.0. The minimum Gasteiger partial charge on any atom is -0.492 e. The van der Waals surface area contributed by atoms with Gasteiger partial charge in [0, 0.05) is 19.5 Å². The Hall–Kier alpha value is -1.26.